The van der Waals surface area contributed by atoms with Crippen molar-refractivity contribution in [1.29, 1.82) is 0 Å². The lowest BCUT2D eigenvalue weighted by atomic mass is 9.79. The molecule has 3 heterocycles. The number of hydrogen-bond donors (Lipinski definition) is 0. The summed E-state index contributed by atoms with van der Waals surface area (Å²) in [5.74, 6) is 0. The summed E-state index contributed by atoms with van der Waals surface area (Å²) in [5, 5.41) is 0. The first-order chi connectivity index (χ1) is 26.0. The van der Waals surface area contributed by atoms with Crippen LogP contribution in [0.1, 0.15) is 59.3 Å². The van der Waals surface area contributed by atoms with Gasteiger partial charge in [0.25, 0.3) is 0 Å². The van der Waals surface area contributed by atoms with Gasteiger partial charge in [-0.15, -0.1) is 0 Å². The minimum absolute atomic E-state index is 0.179. The number of aromatic nitrogens is 1. The molecule has 0 aliphatic carbocycles. The van der Waals surface area contributed by atoms with Crippen molar-refractivity contribution in [2.45, 2.75) is 101 Å². The predicted molar refractivity (Wildman–Crippen MR) is 227 cm³/mol. The summed E-state index contributed by atoms with van der Waals surface area (Å²) in [6, 6.07) is 50.9. The molecule has 4 aromatic carbocycles. The fourth-order valence-electron chi connectivity index (χ4n) is 9.26. The van der Waals surface area contributed by atoms with Crippen molar-refractivity contribution in [2.75, 3.05) is 13.1 Å². The minimum atomic E-state index is -2.02. The molecular formula is C47H59N3O2Si2. The van der Waals surface area contributed by atoms with E-state index in [0.29, 0.717) is 0 Å². The van der Waals surface area contributed by atoms with E-state index in [9.17, 15) is 0 Å². The molecule has 0 bridgehead atoms. The lowest BCUT2D eigenvalue weighted by molar-refractivity contribution is 0.00805. The van der Waals surface area contributed by atoms with E-state index in [1.54, 1.807) is 0 Å². The van der Waals surface area contributed by atoms with Crippen LogP contribution < -0.4 is 0 Å². The maximum absolute atomic E-state index is 7.47. The Labute approximate surface area is 326 Å². The SMILES string of the molecule is C[Si](C)(C)OC(c1ccccc1)(c1ccccc1)[C@@H]1CCCN1Cc1cccc(CN2CCC[C@H]2C(O[Si](C)(C)C)(c2ccccc2)c2ccccc2)n1. The van der Waals surface area contributed by atoms with Crippen LogP contribution in [0.2, 0.25) is 39.3 Å². The van der Waals surface area contributed by atoms with Gasteiger partial charge in [-0.3, -0.25) is 14.8 Å². The van der Waals surface area contributed by atoms with E-state index >= 15 is 0 Å². The van der Waals surface area contributed by atoms with Crippen molar-refractivity contribution in [1.82, 2.24) is 14.8 Å². The third-order valence-corrected chi connectivity index (χ3v) is 12.9. The van der Waals surface area contributed by atoms with Crippen LogP contribution in [-0.4, -0.2) is 56.6 Å². The Kier molecular flexibility index (Phi) is 11.6. The molecule has 0 radical (unpaired) electrons. The van der Waals surface area contributed by atoms with Crippen LogP contribution in [0.5, 0.6) is 0 Å². The molecule has 2 aliphatic heterocycles. The Morgan fingerprint density at radius 1 is 0.481 bits per heavy atom. The highest BCUT2D eigenvalue weighted by Crippen LogP contribution is 2.47. The first-order valence-electron chi connectivity index (χ1n) is 20.0. The van der Waals surface area contributed by atoms with Crippen molar-refractivity contribution in [3.8, 4) is 0 Å². The molecule has 7 heteroatoms. The smallest absolute Gasteiger partial charge is 0.185 e. The van der Waals surface area contributed by atoms with Crippen LogP contribution in [-0.2, 0) is 33.1 Å². The molecule has 0 saturated carbocycles. The summed E-state index contributed by atoms with van der Waals surface area (Å²) in [6.07, 6.45) is 4.41. The Hall–Kier alpha value is -3.70. The Morgan fingerprint density at radius 2 is 0.796 bits per heavy atom. The largest absolute Gasteiger partial charge is 0.403 e. The number of benzene rings is 4. The zero-order valence-corrected chi connectivity index (χ0v) is 35.2. The van der Waals surface area contributed by atoms with Crippen LogP contribution in [0.3, 0.4) is 0 Å². The van der Waals surface area contributed by atoms with E-state index in [1.807, 2.05) is 0 Å². The van der Waals surface area contributed by atoms with Gasteiger partial charge in [-0.2, -0.15) is 0 Å². The molecule has 54 heavy (non-hydrogen) atoms. The van der Waals surface area contributed by atoms with Crippen molar-refractivity contribution in [3.05, 3.63) is 173 Å². The zero-order valence-electron chi connectivity index (χ0n) is 33.2. The molecule has 2 atom stereocenters. The monoisotopic (exact) mass is 753 g/mol. The van der Waals surface area contributed by atoms with Crippen LogP contribution in [0.25, 0.3) is 0 Å². The van der Waals surface area contributed by atoms with Gasteiger partial charge >= 0.3 is 0 Å². The average molecular weight is 754 g/mol. The molecule has 282 valence electrons. The van der Waals surface area contributed by atoms with Gasteiger partial charge in [0.1, 0.15) is 11.2 Å². The molecule has 0 N–H and O–H groups in total. The fourth-order valence-corrected chi connectivity index (χ4v) is 11.9. The van der Waals surface area contributed by atoms with Crippen molar-refractivity contribution in [3.63, 3.8) is 0 Å². The number of pyridine rings is 1. The second-order valence-corrected chi connectivity index (χ2v) is 26.1. The molecule has 0 spiro atoms. The van der Waals surface area contributed by atoms with Crippen LogP contribution >= 0.6 is 0 Å². The summed E-state index contributed by atoms with van der Waals surface area (Å²) in [7, 11) is -4.04. The standard InChI is InChI=1S/C47H59N3O2Si2/c1-53(2,3)51-46(38-22-11-7-12-23-38,39-24-13-8-14-25-39)44-32-20-34-49(44)36-42-30-19-31-43(48-42)37-50-35-21-33-45(50)47(52-54(4,5)6,40-26-15-9-16-27-40)41-28-17-10-18-29-41/h7-19,22-31,44-45H,20-21,32-37H2,1-6H3/t44-,45-/m0/s1. The van der Waals surface area contributed by atoms with Gasteiger partial charge in [-0.1, -0.05) is 127 Å². The van der Waals surface area contributed by atoms with Gasteiger partial charge in [-0.05, 0) is 112 Å². The first kappa shape index (κ1) is 38.6. The van der Waals surface area contributed by atoms with Gasteiger partial charge in [-0.25, -0.2) is 0 Å². The zero-order chi connectivity index (χ0) is 37.8. The van der Waals surface area contributed by atoms with E-state index in [-0.39, 0.29) is 12.1 Å². The molecular weight excluding hydrogens is 695 g/mol. The normalized spacial score (nSPS) is 19.0. The van der Waals surface area contributed by atoms with E-state index in [2.05, 4.69) is 189 Å². The maximum atomic E-state index is 7.47. The highest BCUT2D eigenvalue weighted by molar-refractivity contribution is 6.70. The van der Waals surface area contributed by atoms with E-state index < -0.39 is 27.8 Å². The first-order valence-corrected chi connectivity index (χ1v) is 26.8. The molecule has 1 aromatic heterocycles. The number of likely N-dealkylation sites (tertiary alicyclic amines) is 2. The van der Waals surface area contributed by atoms with E-state index in [4.69, 9.17) is 13.8 Å². The summed E-state index contributed by atoms with van der Waals surface area (Å²) in [6.45, 7) is 17.5. The summed E-state index contributed by atoms with van der Waals surface area (Å²) in [5.41, 5.74) is 6.03. The highest BCUT2D eigenvalue weighted by atomic mass is 28.4. The molecule has 7 rings (SSSR count). The summed E-state index contributed by atoms with van der Waals surface area (Å²) < 4.78 is 14.9. The van der Waals surface area contributed by atoms with Gasteiger partial charge in [0.2, 0.25) is 0 Å². The fraction of sp³-hybridized carbons (Fsp3) is 0.383. The van der Waals surface area contributed by atoms with Gasteiger partial charge in [0.15, 0.2) is 16.6 Å². The molecule has 2 fully saturated rings. The summed E-state index contributed by atoms with van der Waals surface area (Å²) in [4.78, 5) is 10.7. The molecule has 0 amide bonds. The van der Waals surface area contributed by atoms with Crippen molar-refractivity contribution < 1.29 is 8.85 Å². The third-order valence-electron chi connectivity index (χ3n) is 11.0. The van der Waals surface area contributed by atoms with Crippen LogP contribution in [0, 0.1) is 0 Å². The minimum Gasteiger partial charge on any atom is -0.403 e. The van der Waals surface area contributed by atoms with Crippen LogP contribution in [0.15, 0.2) is 140 Å². The number of rotatable bonds is 14. The average Bonchev–Trinajstić information content (AvgIpc) is 3.84. The molecule has 5 aromatic rings. The molecule has 0 unspecified atom stereocenters. The second kappa shape index (κ2) is 16.2. The predicted octanol–water partition coefficient (Wildman–Crippen LogP) is 10.6. The van der Waals surface area contributed by atoms with Crippen molar-refractivity contribution >= 4 is 16.6 Å². The number of hydrogen-bond acceptors (Lipinski definition) is 5. The Balaban J connectivity index is 1.21. The number of nitrogens with zero attached hydrogens (tertiary/aromatic N) is 3. The van der Waals surface area contributed by atoms with Crippen molar-refractivity contribution in [2.24, 2.45) is 0 Å². The molecule has 2 aliphatic rings. The quantitative estimate of drug-likeness (QED) is 0.106. The molecule has 2 saturated heterocycles. The topological polar surface area (TPSA) is 37.8 Å². The van der Waals surface area contributed by atoms with Gasteiger partial charge in [0.05, 0.1) is 11.4 Å². The van der Waals surface area contributed by atoms with Gasteiger partial charge in [0, 0.05) is 25.2 Å². The lowest BCUT2D eigenvalue weighted by Crippen LogP contribution is -2.54. The highest BCUT2D eigenvalue weighted by Gasteiger charge is 2.51. The van der Waals surface area contributed by atoms with Crippen LogP contribution in [0.4, 0.5) is 0 Å². The maximum Gasteiger partial charge on any atom is 0.185 e. The third kappa shape index (κ3) is 8.27. The Morgan fingerprint density at radius 3 is 1.09 bits per heavy atom. The van der Waals surface area contributed by atoms with E-state index in [1.165, 1.54) is 22.3 Å². The van der Waals surface area contributed by atoms with Gasteiger partial charge < -0.3 is 8.85 Å². The lowest BCUT2D eigenvalue weighted by Gasteiger charge is -2.47. The van der Waals surface area contributed by atoms with E-state index in [0.717, 1.165) is 63.3 Å². The molecule has 5 nitrogen and oxygen atoms in total. The second-order valence-electron chi connectivity index (χ2n) is 17.2. The Bertz CT molecular complexity index is 1710. The summed E-state index contributed by atoms with van der Waals surface area (Å²) >= 11 is 0.